The molecule has 1 aliphatic rings. The van der Waals surface area contributed by atoms with Crippen LogP contribution in [0.1, 0.15) is 36.8 Å². The largest absolute Gasteiger partial charge is 0.489 e. The summed E-state index contributed by atoms with van der Waals surface area (Å²) in [5.74, 6) is 0.953. The van der Waals surface area contributed by atoms with Crippen LogP contribution in [0.2, 0.25) is 0 Å². The molecule has 0 bridgehead atoms. The number of rotatable bonds is 8. The zero-order valence-corrected chi connectivity index (χ0v) is 14.1. The van der Waals surface area contributed by atoms with Gasteiger partial charge in [-0.05, 0) is 44.4 Å². The predicted molar refractivity (Wildman–Crippen MR) is 94.8 cm³/mol. The smallest absolute Gasteiger partial charge is 0.124 e. The summed E-state index contributed by atoms with van der Waals surface area (Å²) in [6.07, 6.45) is 8.06. The number of ether oxygens (including phenoxy) is 1. The predicted octanol–water partition coefficient (Wildman–Crippen LogP) is 3.40. The standard InChI is InChI=1S/C20H26N2O2/c23-13-5-9-19-8-4-12-22(19)15-18-7-1-2-10-20(18)24-16-17-6-3-11-21-14-17/h1-3,6-7,10-11,14,19,23H,4-5,8-9,12-13,15-16H2. The molecule has 2 aromatic rings. The van der Waals surface area contributed by atoms with Crippen LogP contribution in [0.25, 0.3) is 0 Å². The van der Waals surface area contributed by atoms with Gasteiger partial charge >= 0.3 is 0 Å². The Hall–Kier alpha value is -1.91. The third-order valence-electron chi connectivity index (χ3n) is 4.66. The van der Waals surface area contributed by atoms with E-state index >= 15 is 0 Å². The van der Waals surface area contributed by atoms with E-state index in [0.717, 1.165) is 37.2 Å². The Morgan fingerprint density at radius 3 is 2.96 bits per heavy atom. The topological polar surface area (TPSA) is 45.6 Å². The number of benzene rings is 1. The van der Waals surface area contributed by atoms with Gasteiger partial charge in [-0.3, -0.25) is 9.88 Å². The number of aliphatic hydroxyl groups is 1. The highest BCUT2D eigenvalue weighted by molar-refractivity contribution is 5.33. The van der Waals surface area contributed by atoms with Crippen LogP contribution in [-0.4, -0.2) is 34.2 Å². The summed E-state index contributed by atoms with van der Waals surface area (Å²) in [7, 11) is 0. The molecule has 0 saturated carbocycles. The van der Waals surface area contributed by atoms with Crippen LogP contribution in [0.3, 0.4) is 0 Å². The van der Waals surface area contributed by atoms with Crippen LogP contribution in [0.4, 0.5) is 0 Å². The Bertz CT molecular complexity index is 618. The molecule has 3 rings (SSSR count). The Morgan fingerprint density at radius 2 is 2.12 bits per heavy atom. The first-order valence-corrected chi connectivity index (χ1v) is 8.81. The van der Waals surface area contributed by atoms with E-state index in [1.807, 2.05) is 30.5 Å². The van der Waals surface area contributed by atoms with E-state index in [1.165, 1.54) is 18.4 Å². The lowest BCUT2D eigenvalue weighted by atomic mass is 10.1. The first-order valence-electron chi connectivity index (χ1n) is 8.81. The van der Waals surface area contributed by atoms with Gasteiger partial charge in [-0.1, -0.05) is 24.3 Å². The normalized spacial score (nSPS) is 18.0. The second kappa shape index (κ2) is 8.81. The Morgan fingerprint density at radius 1 is 1.21 bits per heavy atom. The molecule has 1 saturated heterocycles. The van der Waals surface area contributed by atoms with Gasteiger partial charge in [0.25, 0.3) is 0 Å². The second-order valence-corrected chi connectivity index (χ2v) is 6.39. The minimum absolute atomic E-state index is 0.287. The summed E-state index contributed by atoms with van der Waals surface area (Å²) in [4.78, 5) is 6.66. The quantitative estimate of drug-likeness (QED) is 0.807. The van der Waals surface area contributed by atoms with Gasteiger partial charge in [-0.25, -0.2) is 0 Å². The number of hydrogen-bond donors (Lipinski definition) is 1. The molecule has 1 aromatic heterocycles. The molecule has 1 fully saturated rings. The Balaban J connectivity index is 1.63. The zero-order valence-electron chi connectivity index (χ0n) is 14.1. The molecule has 1 N–H and O–H groups in total. The SMILES string of the molecule is OCCCC1CCCN1Cc1ccccc1OCc1cccnc1. The van der Waals surface area contributed by atoms with Crippen LogP contribution in [-0.2, 0) is 13.2 Å². The number of aliphatic hydroxyl groups excluding tert-OH is 1. The van der Waals surface area contributed by atoms with Crippen LogP contribution in [0.5, 0.6) is 5.75 Å². The molecule has 0 amide bonds. The van der Waals surface area contributed by atoms with Crippen molar-refractivity contribution in [1.29, 1.82) is 0 Å². The second-order valence-electron chi connectivity index (χ2n) is 6.39. The molecule has 24 heavy (non-hydrogen) atoms. The average Bonchev–Trinajstić information content (AvgIpc) is 3.07. The van der Waals surface area contributed by atoms with Crippen molar-refractivity contribution in [3.8, 4) is 5.75 Å². The minimum Gasteiger partial charge on any atom is -0.489 e. The van der Waals surface area contributed by atoms with E-state index in [2.05, 4.69) is 22.0 Å². The molecule has 128 valence electrons. The fourth-order valence-corrected chi connectivity index (χ4v) is 3.40. The van der Waals surface area contributed by atoms with Gasteiger partial charge in [0.1, 0.15) is 12.4 Å². The Kier molecular flexibility index (Phi) is 6.21. The summed E-state index contributed by atoms with van der Waals surface area (Å²) in [6, 6.07) is 12.8. The van der Waals surface area contributed by atoms with E-state index in [0.29, 0.717) is 12.6 Å². The fraction of sp³-hybridized carbons (Fsp3) is 0.450. The summed E-state index contributed by atoms with van der Waals surface area (Å²) >= 11 is 0. The lowest BCUT2D eigenvalue weighted by Gasteiger charge is -2.25. The maximum atomic E-state index is 9.08. The molecule has 0 spiro atoms. The molecule has 0 radical (unpaired) electrons. The lowest BCUT2D eigenvalue weighted by Crippen LogP contribution is -2.29. The van der Waals surface area contributed by atoms with Gasteiger partial charge in [0.05, 0.1) is 0 Å². The van der Waals surface area contributed by atoms with Crippen molar-refractivity contribution >= 4 is 0 Å². The molecular weight excluding hydrogens is 300 g/mol. The van der Waals surface area contributed by atoms with Gasteiger partial charge in [-0.2, -0.15) is 0 Å². The minimum atomic E-state index is 0.287. The average molecular weight is 326 g/mol. The van der Waals surface area contributed by atoms with Crippen LogP contribution in [0, 0.1) is 0 Å². The summed E-state index contributed by atoms with van der Waals surface area (Å²) in [5, 5.41) is 9.08. The van der Waals surface area contributed by atoms with Gasteiger partial charge < -0.3 is 9.84 Å². The van der Waals surface area contributed by atoms with Gasteiger partial charge in [0.2, 0.25) is 0 Å². The third-order valence-corrected chi connectivity index (χ3v) is 4.66. The van der Waals surface area contributed by atoms with Crippen molar-refractivity contribution in [3.63, 3.8) is 0 Å². The molecule has 4 nitrogen and oxygen atoms in total. The maximum Gasteiger partial charge on any atom is 0.124 e. The lowest BCUT2D eigenvalue weighted by molar-refractivity contribution is 0.206. The molecule has 1 aliphatic heterocycles. The van der Waals surface area contributed by atoms with Gasteiger partial charge in [0.15, 0.2) is 0 Å². The van der Waals surface area contributed by atoms with Crippen molar-refractivity contribution in [2.24, 2.45) is 0 Å². The molecule has 0 aliphatic carbocycles. The van der Waals surface area contributed by atoms with Crippen molar-refractivity contribution in [3.05, 3.63) is 59.9 Å². The molecule has 1 unspecified atom stereocenters. The molecule has 1 atom stereocenters. The van der Waals surface area contributed by atoms with Crippen LogP contribution < -0.4 is 4.74 Å². The highest BCUT2D eigenvalue weighted by atomic mass is 16.5. The van der Waals surface area contributed by atoms with E-state index in [9.17, 15) is 0 Å². The van der Waals surface area contributed by atoms with Crippen molar-refractivity contribution in [1.82, 2.24) is 9.88 Å². The number of aromatic nitrogens is 1. The molecular formula is C20H26N2O2. The van der Waals surface area contributed by atoms with Crippen LogP contribution in [0.15, 0.2) is 48.8 Å². The zero-order chi connectivity index (χ0) is 16.6. The van der Waals surface area contributed by atoms with E-state index in [4.69, 9.17) is 9.84 Å². The fourth-order valence-electron chi connectivity index (χ4n) is 3.40. The maximum absolute atomic E-state index is 9.08. The summed E-state index contributed by atoms with van der Waals surface area (Å²) in [6.45, 7) is 2.88. The van der Waals surface area contributed by atoms with E-state index < -0.39 is 0 Å². The highest BCUT2D eigenvalue weighted by Gasteiger charge is 2.24. The monoisotopic (exact) mass is 326 g/mol. The van der Waals surface area contributed by atoms with Gasteiger partial charge in [-0.15, -0.1) is 0 Å². The first-order chi connectivity index (χ1) is 11.9. The highest BCUT2D eigenvalue weighted by Crippen LogP contribution is 2.27. The molecule has 2 heterocycles. The van der Waals surface area contributed by atoms with Crippen molar-refractivity contribution < 1.29 is 9.84 Å². The first kappa shape index (κ1) is 16.9. The molecule has 4 heteroatoms. The van der Waals surface area contributed by atoms with Gasteiger partial charge in [0, 0.05) is 42.7 Å². The summed E-state index contributed by atoms with van der Waals surface area (Å²) < 4.78 is 6.04. The Labute approximate surface area is 144 Å². The van der Waals surface area contributed by atoms with Crippen LogP contribution >= 0.6 is 0 Å². The van der Waals surface area contributed by atoms with Crippen molar-refractivity contribution in [2.75, 3.05) is 13.2 Å². The number of hydrogen-bond acceptors (Lipinski definition) is 4. The van der Waals surface area contributed by atoms with Crippen molar-refractivity contribution in [2.45, 2.75) is 44.9 Å². The number of likely N-dealkylation sites (tertiary alicyclic amines) is 1. The summed E-state index contributed by atoms with van der Waals surface area (Å²) in [5.41, 5.74) is 2.31. The van der Waals surface area contributed by atoms with E-state index in [-0.39, 0.29) is 6.61 Å². The third kappa shape index (κ3) is 4.56. The number of pyridine rings is 1. The van der Waals surface area contributed by atoms with E-state index in [1.54, 1.807) is 6.20 Å². The number of nitrogens with zero attached hydrogens (tertiary/aromatic N) is 2. The molecule has 1 aromatic carbocycles. The number of para-hydroxylation sites is 1.